The standard InChI is InChI=1S/C20H30BN2O4/c1-14-18(21-27-20(4,5)19(2,3)24)17(22-23(14)6)13-26-12-15-8-10-16(25-7)11-9-15/h8-11,24H,12-13H2,1-7H3. The van der Waals surface area contributed by atoms with Gasteiger partial charge in [0.05, 0.1) is 37.2 Å². The van der Waals surface area contributed by atoms with Crippen molar-refractivity contribution in [3.8, 4) is 5.75 Å². The van der Waals surface area contributed by atoms with Gasteiger partial charge in [0, 0.05) is 12.7 Å². The van der Waals surface area contributed by atoms with Crippen LogP contribution in [0.5, 0.6) is 5.75 Å². The molecule has 0 amide bonds. The largest absolute Gasteiger partial charge is 0.497 e. The lowest BCUT2D eigenvalue weighted by molar-refractivity contribution is -0.0893. The van der Waals surface area contributed by atoms with E-state index in [2.05, 4.69) is 5.10 Å². The first kappa shape index (κ1) is 21.5. The molecule has 0 aliphatic rings. The molecule has 147 valence electrons. The number of benzene rings is 1. The van der Waals surface area contributed by atoms with Gasteiger partial charge in [0.2, 0.25) is 0 Å². The third-order valence-corrected chi connectivity index (χ3v) is 5.07. The molecule has 0 bridgehead atoms. The van der Waals surface area contributed by atoms with Gasteiger partial charge in [-0.15, -0.1) is 0 Å². The predicted molar refractivity (Wildman–Crippen MR) is 106 cm³/mol. The summed E-state index contributed by atoms with van der Waals surface area (Å²) in [6.07, 6.45) is 0. The number of aryl methyl sites for hydroxylation is 1. The van der Waals surface area contributed by atoms with Gasteiger partial charge in [-0.1, -0.05) is 12.1 Å². The second-order valence-electron chi connectivity index (χ2n) is 7.72. The molecule has 0 aliphatic carbocycles. The molecule has 2 aromatic rings. The molecule has 1 aromatic heterocycles. The van der Waals surface area contributed by atoms with Crippen molar-refractivity contribution in [3.05, 3.63) is 41.2 Å². The van der Waals surface area contributed by atoms with Crippen LogP contribution >= 0.6 is 0 Å². The molecule has 7 heteroatoms. The molecular formula is C20H30BN2O4. The van der Waals surface area contributed by atoms with Crippen LogP contribution in [0.15, 0.2) is 24.3 Å². The summed E-state index contributed by atoms with van der Waals surface area (Å²) in [7, 11) is 5.21. The number of aromatic nitrogens is 2. The van der Waals surface area contributed by atoms with Crippen LogP contribution in [0.25, 0.3) is 0 Å². The number of rotatable bonds is 9. The van der Waals surface area contributed by atoms with Crippen LogP contribution in [-0.4, -0.2) is 40.7 Å². The second kappa shape index (κ2) is 8.46. The van der Waals surface area contributed by atoms with E-state index in [1.807, 2.05) is 52.1 Å². The average Bonchev–Trinajstić information content (AvgIpc) is 2.86. The Bertz CT molecular complexity index is 749. The van der Waals surface area contributed by atoms with Crippen molar-refractivity contribution in [2.45, 2.75) is 59.0 Å². The average molecular weight is 373 g/mol. The van der Waals surface area contributed by atoms with Gasteiger partial charge in [0.25, 0.3) is 0 Å². The molecule has 1 radical (unpaired) electrons. The Balaban J connectivity index is 2.01. The van der Waals surface area contributed by atoms with Crippen LogP contribution in [0.2, 0.25) is 0 Å². The number of aliphatic hydroxyl groups is 1. The molecule has 2 rings (SSSR count). The minimum absolute atomic E-state index is 0.367. The molecule has 6 nitrogen and oxygen atoms in total. The van der Waals surface area contributed by atoms with E-state index in [1.165, 1.54) is 0 Å². The van der Waals surface area contributed by atoms with Crippen molar-refractivity contribution in [2.24, 2.45) is 7.05 Å². The Morgan fingerprint density at radius 3 is 2.30 bits per heavy atom. The summed E-state index contributed by atoms with van der Waals surface area (Å²) in [5, 5.41) is 14.8. The molecule has 1 N–H and O–H groups in total. The van der Waals surface area contributed by atoms with Gasteiger partial charge in [-0.2, -0.15) is 5.10 Å². The molecule has 0 spiro atoms. The van der Waals surface area contributed by atoms with Gasteiger partial charge in [-0.25, -0.2) is 0 Å². The van der Waals surface area contributed by atoms with Crippen LogP contribution in [0.3, 0.4) is 0 Å². The maximum Gasteiger partial charge on any atom is 0.334 e. The van der Waals surface area contributed by atoms with Crippen molar-refractivity contribution >= 4 is 12.9 Å². The Kier molecular flexibility index (Phi) is 6.73. The van der Waals surface area contributed by atoms with Gasteiger partial charge >= 0.3 is 7.48 Å². The number of hydrogen-bond donors (Lipinski definition) is 1. The summed E-state index contributed by atoms with van der Waals surface area (Å²) in [4.78, 5) is 0. The van der Waals surface area contributed by atoms with Gasteiger partial charge in [0.1, 0.15) is 5.75 Å². The maximum atomic E-state index is 10.3. The summed E-state index contributed by atoms with van der Waals surface area (Å²) in [6, 6.07) is 7.78. The summed E-state index contributed by atoms with van der Waals surface area (Å²) >= 11 is 0. The van der Waals surface area contributed by atoms with Crippen LogP contribution in [0, 0.1) is 6.92 Å². The fraction of sp³-hybridized carbons (Fsp3) is 0.550. The van der Waals surface area contributed by atoms with E-state index in [0.717, 1.165) is 28.2 Å². The van der Waals surface area contributed by atoms with Gasteiger partial charge < -0.3 is 19.2 Å². The quantitative estimate of drug-likeness (QED) is 0.683. The molecule has 0 saturated heterocycles. The third kappa shape index (κ3) is 5.34. The van der Waals surface area contributed by atoms with E-state index >= 15 is 0 Å². The highest BCUT2D eigenvalue weighted by Gasteiger charge is 2.36. The highest BCUT2D eigenvalue weighted by atomic mass is 16.5. The zero-order chi connectivity index (χ0) is 20.2. The zero-order valence-electron chi connectivity index (χ0n) is 17.4. The Morgan fingerprint density at radius 2 is 1.74 bits per heavy atom. The number of nitrogens with zero attached hydrogens (tertiary/aromatic N) is 2. The zero-order valence-corrected chi connectivity index (χ0v) is 17.4. The summed E-state index contributed by atoms with van der Waals surface area (Å²) < 4.78 is 18.7. The SMILES string of the molecule is COc1ccc(COCc2nn(C)c(C)c2[B]OC(C)(C)C(C)(C)O)cc1. The number of hydrogen-bond acceptors (Lipinski definition) is 5. The molecule has 1 aromatic carbocycles. The van der Waals surface area contributed by atoms with Crippen LogP contribution < -0.4 is 10.2 Å². The molecule has 27 heavy (non-hydrogen) atoms. The first-order valence-electron chi connectivity index (χ1n) is 9.01. The minimum Gasteiger partial charge on any atom is -0.497 e. The summed E-state index contributed by atoms with van der Waals surface area (Å²) in [5.41, 5.74) is 2.00. The normalized spacial score (nSPS) is 12.3. The van der Waals surface area contributed by atoms with Crippen LogP contribution in [-0.2, 0) is 29.7 Å². The van der Waals surface area contributed by atoms with E-state index in [4.69, 9.17) is 14.1 Å². The second-order valence-corrected chi connectivity index (χ2v) is 7.72. The fourth-order valence-corrected chi connectivity index (χ4v) is 2.29. The summed E-state index contributed by atoms with van der Waals surface area (Å²) in [5.74, 6) is 0.822. The van der Waals surface area contributed by atoms with Crippen molar-refractivity contribution in [2.75, 3.05) is 7.11 Å². The molecule has 0 fully saturated rings. The van der Waals surface area contributed by atoms with E-state index in [-0.39, 0.29) is 0 Å². The highest BCUT2D eigenvalue weighted by Crippen LogP contribution is 2.24. The van der Waals surface area contributed by atoms with E-state index in [1.54, 1.807) is 33.1 Å². The van der Waals surface area contributed by atoms with Crippen LogP contribution in [0.1, 0.15) is 44.6 Å². The first-order chi connectivity index (χ1) is 12.5. The highest BCUT2D eigenvalue weighted by molar-refractivity contribution is 6.48. The molecule has 0 saturated carbocycles. The Labute approximate surface area is 162 Å². The van der Waals surface area contributed by atoms with Crippen molar-refractivity contribution in [3.63, 3.8) is 0 Å². The Hall–Kier alpha value is -1.83. The molecule has 0 aliphatic heterocycles. The van der Waals surface area contributed by atoms with Crippen molar-refractivity contribution in [1.29, 1.82) is 0 Å². The predicted octanol–water partition coefficient (Wildman–Crippen LogP) is 2.26. The third-order valence-electron chi connectivity index (χ3n) is 5.07. The lowest BCUT2D eigenvalue weighted by Gasteiger charge is -2.37. The smallest absolute Gasteiger partial charge is 0.334 e. The monoisotopic (exact) mass is 373 g/mol. The van der Waals surface area contributed by atoms with E-state index < -0.39 is 11.2 Å². The molecule has 1 heterocycles. The van der Waals surface area contributed by atoms with Gasteiger partial charge in [-0.05, 0) is 57.8 Å². The maximum absolute atomic E-state index is 10.3. The van der Waals surface area contributed by atoms with Crippen molar-refractivity contribution < 1.29 is 19.2 Å². The van der Waals surface area contributed by atoms with Crippen molar-refractivity contribution in [1.82, 2.24) is 9.78 Å². The minimum atomic E-state index is -0.982. The molecule has 0 unspecified atom stereocenters. The molecule has 0 atom stereocenters. The summed E-state index contributed by atoms with van der Waals surface area (Å²) in [6.45, 7) is 10.0. The van der Waals surface area contributed by atoms with Gasteiger partial charge in [-0.3, -0.25) is 4.68 Å². The van der Waals surface area contributed by atoms with Gasteiger partial charge in [0.15, 0.2) is 0 Å². The Morgan fingerprint density at radius 1 is 1.11 bits per heavy atom. The topological polar surface area (TPSA) is 65.7 Å². The fourth-order valence-electron chi connectivity index (χ4n) is 2.29. The molecular weight excluding hydrogens is 343 g/mol. The lowest BCUT2D eigenvalue weighted by atomic mass is 9.81. The lowest BCUT2D eigenvalue weighted by Crippen LogP contribution is -2.49. The van der Waals surface area contributed by atoms with E-state index in [9.17, 15) is 5.11 Å². The van der Waals surface area contributed by atoms with Crippen LogP contribution in [0.4, 0.5) is 0 Å². The first-order valence-corrected chi connectivity index (χ1v) is 9.01. The van der Waals surface area contributed by atoms with E-state index in [0.29, 0.717) is 13.2 Å². The number of ether oxygens (including phenoxy) is 2. The number of methoxy groups -OCH3 is 1.